The zero-order valence-corrected chi connectivity index (χ0v) is 14.1. The molecule has 1 atom stereocenters. The number of rotatable bonds is 14. The summed E-state index contributed by atoms with van der Waals surface area (Å²) in [5.74, 6) is 0.823. The topological polar surface area (TPSA) is 12.0 Å². The minimum absolute atomic E-state index is 0.764. The second-order valence-corrected chi connectivity index (χ2v) is 6.54. The van der Waals surface area contributed by atoms with Crippen molar-refractivity contribution in [3.63, 3.8) is 0 Å². The molecule has 0 saturated carbocycles. The molecule has 0 aromatic rings. The van der Waals surface area contributed by atoms with Crippen LogP contribution < -0.4 is 5.32 Å². The van der Waals surface area contributed by atoms with E-state index < -0.39 is 0 Å². The lowest BCUT2D eigenvalue weighted by Crippen LogP contribution is -2.31. The Balaban J connectivity index is 3.46. The zero-order chi connectivity index (χ0) is 14.3. The lowest BCUT2D eigenvalue weighted by atomic mass is 9.97. The summed E-state index contributed by atoms with van der Waals surface area (Å²) in [7, 11) is 0. The summed E-state index contributed by atoms with van der Waals surface area (Å²) in [4.78, 5) is 0. The Morgan fingerprint density at radius 2 is 1.32 bits per heavy atom. The predicted octanol–water partition coefficient (Wildman–Crippen LogP) is 5.93. The van der Waals surface area contributed by atoms with Crippen molar-refractivity contribution in [1.82, 2.24) is 5.32 Å². The van der Waals surface area contributed by atoms with Gasteiger partial charge in [0.2, 0.25) is 0 Å². The number of hydrogen-bond donors (Lipinski definition) is 1. The molecule has 1 N–H and O–H groups in total. The lowest BCUT2D eigenvalue weighted by Gasteiger charge is -2.20. The molecule has 0 amide bonds. The predicted molar refractivity (Wildman–Crippen MR) is 88.8 cm³/mol. The van der Waals surface area contributed by atoms with E-state index in [-0.39, 0.29) is 0 Å². The first-order valence-electron chi connectivity index (χ1n) is 8.94. The van der Waals surface area contributed by atoms with Crippen LogP contribution in [-0.4, -0.2) is 12.6 Å². The van der Waals surface area contributed by atoms with E-state index in [2.05, 4.69) is 33.0 Å². The molecule has 0 saturated heterocycles. The van der Waals surface area contributed by atoms with Gasteiger partial charge in [0.25, 0.3) is 0 Å². The van der Waals surface area contributed by atoms with E-state index >= 15 is 0 Å². The van der Waals surface area contributed by atoms with E-state index in [1.807, 2.05) is 0 Å². The summed E-state index contributed by atoms with van der Waals surface area (Å²) in [6.45, 7) is 10.4. The molecule has 1 unspecified atom stereocenters. The van der Waals surface area contributed by atoms with Gasteiger partial charge in [0.05, 0.1) is 0 Å². The normalized spacial score (nSPS) is 13.1. The fraction of sp³-hybridized carbons (Fsp3) is 1.00. The smallest absolute Gasteiger partial charge is 0.00694 e. The van der Waals surface area contributed by atoms with Crippen molar-refractivity contribution in [2.45, 2.75) is 104 Å². The lowest BCUT2D eigenvalue weighted by molar-refractivity contribution is 0.384. The highest BCUT2D eigenvalue weighted by Gasteiger charge is 2.09. The molecule has 0 aliphatic heterocycles. The molecule has 1 heteroatoms. The SMILES string of the molecule is CCCCCCCCCCC(CC(C)C)NCCC. The molecule has 0 heterocycles. The van der Waals surface area contributed by atoms with Gasteiger partial charge in [0.1, 0.15) is 0 Å². The largest absolute Gasteiger partial charge is 0.314 e. The molecule has 0 aliphatic rings. The monoisotopic (exact) mass is 269 g/mol. The first-order valence-corrected chi connectivity index (χ1v) is 8.94. The Hall–Kier alpha value is -0.0400. The van der Waals surface area contributed by atoms with Gasteiger partial charge in [-0.05, 0) is 31.7 Å². The molecule has 0 rings (SSSR count). The van der Waals surface area contributed by atoms with Gasteiger partial charge in [-0.3, -0.25) is 0 Å². The van der Waals surface area contributed by atoms with Gasteiger partial charge in [0, 0.05) is 6.04 Å². The average molecular weight is 270 g/mol. The summed E-state index contributed by atoms with van der Waals surface area (Å²) < 4.78 is 0. The van der Waals surface area contributed by atoms with E-state index in [0.717, 1.165) is 12.0 Å². The van der Waals surface area contributed by atoms with Crippen LogP contribution in [0.2, 0.25) is 0 Å². The highest BCUT2D eigenvalue weighted by Crippen LogP contribution is 2.14. The van der Waals surface area contributed by atoms with E-state index in [9.17, 15) is 0 Å². The van der Waals surface area contributed by atoms with Crippen LogP contribution in [0.3, 0.4) is 0 Å². The Morgan fingerprint density at radius 1 is 0.737 bits per heavy atom. The number of hydrogen-bond acceptors (Lipinski definition) is 1. The molecule has 0 bridgehead atoms. The molecule has 0 aromatic carbocycles. The second kappa shape index (κ2) is 14.4. The molecule has 0 radical (unpaired) electrons. The molecule has 0 aliphatic carbocycles. The minimum Gasteiger partial charge on any atom is -0.314 e. The fourth-order valence-corrected chi connectivity index (χ4v) is 2.75. The highest BCUT2D eigenvalue weighted by molar-refractivity contribution is 4.68. The first kappa shape index (κ1) is 19.0. The molecular weight excluding hydrogens is 230 g/mol. The number of nitrogens with one attached hydrogen (secondary N) is 1. The van der Waals surface area contributed by atoms with Crippen molar-refractivity contribution in [1.29, 1.82) is 0 Å². The van der Waals surface area contributed by atoms with E-state index in [1.165, 1.54) is 77.2 Å². The Morgan fingerprint density at radius 3 is 1.84 bits per heavy atom. The maximum atomic E-state index is 3.72. The summed E-state index contributed by atoms with van der Waals surface area (Å²) in [6, 6.07) is 0.764. The summed E-state index contributed by atoms with van der Waals surface area (Å²) >= 11 is 0. The third kappa shape index (κ3) is 14.2. The van der Waals surface area contributed by atoms with Crippen LogP contribution in [0.1, 0.15) is 98.3 Å². The van der Waals surface area contributed by atoms with Gasteiger partial charge in [-0.2, -0.15) is 0 Å². The fourth-order valence-electron chi connectivity index (χ4n) is 2.75. The Bertz CT molecular complexity index is 165. The summed E-state index contributed by atoms with van der Waals surface area (Å²) in [5, 5.41) is 3.72. The van der Waals surface area contributed by atoms with Gasteiger partial charge in [0.15, 0.2) is 0 Å². The van der Waals surface area contributed by atoms with Crippen molar-refractivity contribution in [2.24, 2.45) is 5.92 Å². The van der Waals surface area contributed by atoms with Crippen molar-refractivity contribution in [2.75, 3.05) is 6.54 Å². The molecule has 0 aromatic heterocycles. The van der Waals surface area contributed by atoms with E-state index in [1.54, 1.807) is 0 Å². The molecule has 116 valence electrons. The quantitative estimate of drug-likeness (QED) is 0.385. The molecule has 0 fully saturated rings. The number of unbranched alkanes of at least 4 members (excludes halogenated alkanes) is 7. The van der Waals surface area contributed by atoms with Crippen LogP contribution in [-0.2, 0) is 0 Å². The molecule has 1 nitrogen and oxygen atoms in total. The first-order chi connectivity index (χ1) is 9.20. The molecule has 19 heavy (non-hydrogen) atoms. The van der Waals surface area contributed by atoms with Crippen molar-refractivity contribution in [3.05, 3.63) is 0 Å². The Kier molecular flexibility index (Phi) is 14.3. The van der Waals surface area contributed by atoms with Gasteiger partial charge >= 0.3 is 0 Å². The van der Waals surface area contributed by atoms with Crippen LogP contribution in [0.25, 0.3) is 0 Å². The maximum Gasteiger partial charge on any atom is 0.00694 e. The van der Waals surface area contributed by atoms with Crippen LogP contribution >= 0.6 is 0 Å². The minimum atomic E-state index is 0.764. The second-order valence-electron chi connectivity index (χ2n) is 6.54. The molecular formula is C18H39N. The van der Waals surface area contributed by atoms with Gasteiger partial charge in [-0.1, -0.05) is 79.1 Å². The van der Waals surface area contributed by atoms with Crippen molar-refractivity contribution in [3.8, 4) is 0 Å². The van der Waals surface area contributed by atoms with Crippen LogP contribution in [0.4, 0.5) is 0 Å². The van der Waals surface area contributed by atoms with Crippen LogP contribution in [0.15, 0.2) is 0 Å². The summed E-state index contributed by atoms with van der Waals surface area (Å²) in [6.07, 6.45) is 15.4. The maximum absolute atomic E-state index is 3.72. The van der Waals surface area contributed by atoms with Crippen LogP contribution in [0, 0.1) is 5.92 Å². The van der Waals surface area contributed by atoms with E-state index in [0.29, 0.717) is 0 Å². The van der Waals surface area contributed by atoms with Gasteiger partial charge in [-0.25, -0.2) is 0 Å². The van der Waals surface area contributed by atoms with Crippen molar-refractivity contribution >= 4 is 0 Å². The standard InChI is InChI=1S/C18H39N/c1-5-7-8-9-10-11-12-13-14-18(16-17(3)4)19-15-6-2/h17-19H,5-16H2,1-4H3. The molecule has 0 spiro atoms. The van der Waals surface area contributed by atoms with Crippen molar-refractivity contribution < 1.29 is 0 Å². The third-order valence-electron chi connectivity index (χ3n) is 3.85. The summed E-state index contributed by atoms with van der Waals surface area (Å²) in [5.41, 5.74) is 0. The zero-order valence-electron chi connectivity index (χ0n) is 14.1. The third-order valence-corrected chi connectivity index (χ3v) is 3.85. The van der Waals surface area contributed by atoms with Gasteiger partial charge < -0.3 is 5.32 Å². The van der Waals surface area contributed by atoms with Gasteiger partial charge in [-0.15, -0.1) is 0 Å². The van der Waals surface area contributed by atoms with Crippen LogP contribution in [0.5, 0.6) is 0 Å². The average Bonchev–Trinajstić information content (AvgIpc) is 2.38. The highest BCUT2D eigenvalue weighted by atomic mass is 14.9. The Labute approximate surface area is 122 Å². The van der Waals surface area contributed by atoms with E-state index in [4.69, 9.17) is 0 Å².